The Kier molecular flexibility index (Phi) is 10.4. The van der Waals surface area contributed by atoms with Crippen molar-refractivity contribution in [3.05, 3.63) is 46.5 Å². The highest BCUT2D eigenvalue weighted by Gasteiger charge is 2.62. The van der Waals surface area contributed by atoms with Gasteiger partial charge in [0.25, 0.3) is 0 Å². The van der Waals surface area contributed by atoms with Gasteiger partial charge in [-0.3, -0.25) is 14.5 Å². The Labute approximate surface area is 284 Å². The number of esters is 1. The van der Waals surface area contributed by atoms with Gasteiger partial charge in [-0.05, 0) is 49.8 Å². The van der Waals surface area contributed by atoms with Crippen LogP contribution in [0.5, 0.6) is 0 Å². The lowest BCUT2D eigenvalue weighted by molar-refractivity contribution is -0.150. The number of benzene rings is 1. The van der Waals surface area contributed by atoms with Crippen LogP contribution in [0.3, 0.4) is 0 Å². The summed E-state index contributed by atoms with van der Waals surface area (Å²) in [6.07, 6.45) is 5.80. The summed E-state index contributed by atoms with van der Waals surface area (Å²) in [5, 5.41) is 6.22. The van der Waals surface area contributed by atoms with E-state index in [0.717, 1.165) is 30.4 Å². The number of nitrogens with one attached hydrogen (secondary N) is 2. The Morgan fingerprint density at radius 2 is 1.96 bits per heavy atom. The van der Waals surface area contributed by atoms with Crippen LogP contribution in [0.4, 0.5) is 9.59 Å². The average Bonchev–Trinajstić information content (AvgIpc) is 3.49. The first-order valence-electron chi connectivity index (χ1n) is 16.9. The van der Waals surface area contributed by atoms with Crippen LogP contribution >= 0.6 is 11.6 Å². The molecule has 1 aromatic rings. The van der Waals surface area contributed by atoms with E-state index in [2.05, 4.69) is 10.6 Å². The van der Waals surface area contributed by atoms with E-state index in [9.17, 15) is 24.0 Å². The molecule has 6 rings (SSSR count). The number of halogens is 1. The van der Waals surface area contributed by atoms with Crippen molar-refractivity contribution in [2.75, 3.05) is 26.4 Å². The summed E-state index contributed by atoms with van der Waals surface area (Å²) in [6.45, 7) is 3.18. The van der Waals surface area contributed by atoms with Crippen LogP contribution in [0.2, 0.25) is 5.02 Å². The van der Waals surface area contributed by atoms with Gasteiger partial charge in [-0.1, -0.05) is 48.7 Å². The van der Waals surface area contributed by atoms with Gasteiger partial charge in [0.05, 0.1) is 32.9 Å². The van der Waals surface area contributed by atoms with E-state index < -0.39 is 59.8 Å². The molecule has 1 unspecified atom stereocenters. The number of carbonyl (C=O) groups excluding carboxylic acids is 5. The van der Waals surface area contributed by atoms with Crippen LogP contribution in [0.15, 0.2) is 30.4 Å². The molecule has 1 saturated carbocycles. The zero-order valence-electron chi connectivity index (χ0n) is 27.1. The first-order chi connectivity index (χ1) is 23.2. The first-order valence-corrected chi connectivity index (χ1v) is 17.3. The van der Waals surface area contributed by atoms with Gasteiger partial charge in [-0.15, -0.1) is 0 Å². The predicted octanol–water partition coefficient (Wildman–Crippen LogP) is 3.60. The van der Waals surface area contributed by atoms with Crippen molar-refractivity contribution in [3.8, 4) is 0 Å². The van der Waals surface area contributed by atoms with Gasteiger partial charge in [0, 0.05) is 30.3 Å². The lowest BCUT2D eigenvalue weighted by atomic mass is 10.0. The number of hydrogen-bond acceptors (Lipinski definition) is 9. The molecule has 5 aliphatic rings. The van der Waals surface area contributed by atoms with Crippen LogP contribution in [-0.4, -0.2) is 96.0 Å². The van der Waals surface area contributed by atoms with Gasteiger partial charge >= 0.3 is 18.2 Å². The Balaban J connectivity index is 1.22. The van der Waals surface area contributed by atoms with Crippen LogP contribution in [0, 0.1) is 5.92 Å². The van der Waals surface area contributed by atoms with E-state index in [1.54, 1.807) is 13.0 Å². The highest BCUT2D eigenvalue weighted by Crippen LogP contribution is 2.46. The second-order valence-corrected chi connectivity index (χ2v) is 13.5. The number of ether oxygens (including phenoxy) is 4. The normalized spacial score (nSPS) is 30.9. The summed E-state index contributed by atoms with van der Waals surface area (Å²) in [4.78, 5) is 70.6. The highest BCUT2D eigenvalue weighted by atomic mass is 35.5. The summed E-state index contributed by atoms with van der Waals surface area (Å²) < 4.78 is 22.1. The van der Waals surface area contributed by atoms with Crippen molar-refractivity contribution in [2.45, 2.75) is 101 Å². The monoisotopic (exact) mass is 686 g/mol. The molecule has 0 radical (unpaired) electrons. The number of carbonyl (C=O) groups is 5. The summed E-state index contributed by atoms with van der Waals surface area (Å²) in [5.41, 5.74) is 0.543. The number of fused-ring (bicyclic) bond motifs is 3. The lowest BCUT2D eigenvalue weighted by Gasteiger charge is -2.29. The van der Waals surface area contributed by atoms with Crippen LogP contribution < -0.4 is 10.6 Å². The van der Waals surface area contributed by atoms with E-state index in [0.29, 0.717) is 50.5 Å². The predicted molar refractivity (Wildman–Crippen MR) is 172 cm³/mol. The van der Waals surface area contributed by atoms with Crippen LogP contribution in [0.1, 0.15) is 69.4 Å². The van der Waals surface area contributed by atoms with Gasteiger partial charge in [0.1, 0.15) is 29.8 Å². The lowest BCUT2D eigenvalue weighted by Crippen LogP contribution is -2.56. The number of nitrogens with zero attached hydrogens (tertiary/aromatic N) is 2. The minimum atomic E-state index is -1.24. The molecule has 0 bridgehead atoms. The van der Waals surface area contributed by atoms with E-state index >= 15 is 0 Å². The Bertz CT molecular complexity index is 1450. The van der Waals surface area contributed by atoms with E-state index in [1.165, 1.54) is 9.80 Å². The smallest absolute Gasteiger partial charge is 0.410 e. The molecule has 0 aromatic heterocycles. The summed E-state index contributed by atoms with van der Waals surface area (Å²) >= 11 is 6.35. The molecule has 2 N–H and O–H groups in total. The standard InChI is InChI=1S/C34H43ClN4O9/c1-2-46-31(42)34-16-22(34)10-6-4-3-5-7-12-27(36-32(43)47-23-13-14-45-20-23)30(41)39-18-24(15-28(39)29(40)37-34)48-33(44)38-17-21-9-8-11-26(35)25(21)19-38/h6,8-11,22-24,27-28H,2-5,7,12-20H2,1H3,(H,36,43)(H,37,40)/b10-6-/t22-,23?,24+,27-,28-,34+/m0/s1. The minimum Gasteiger partial charge on any atom is -0.464 e. The van der Waals surface area contributed by atoms with E-state index in [1.807, 2.05) is 24.3 Å². The molecule has 4 amide bonds. The summed E-state index contributed by atoms with van der Waals surface area (Å²) in [7, 11) is 0. The zero-order chi connectivity index (χ0) is 33.8. The van der Waals surface area contributed by atoms with Gasteiger partial charge in [-0.25, -0.2) is 14.4 Å². The largest absolute Gasteiger partial charge is 0.464 e. The van der Waals surface area contributed by atoms with Gasteiger partial charge in [-0.2, -0.15) is 0 Å². The zero-order valence-corrected chi connectivity index (χ0v) is 27.9. The summed E-state index contributed by atoms with van der Waals surface area (Å²) in [6, 6.07) is 3.46. The molecule has 6 atom stereocenters. The quantitative estimate of drug-likeness (QED) is 0.269. The van der Waals surface area contributed by atoms with Crippen molar-refractivity contribution in [2.24, 2.45) is 5.92 Å². The topological polar surface area (TPSA) is 153 Å². The Morgan fingerprint density at radius 3 is 2.73 bits per heavy atom. The van der Waals surface area contributed by atoms with Crippen molar-refractivity contribution >= 4 is 41.6 Å². The average molecular weight is 687 g/mol. The second kappa shape index (κ2) is 14.7. The third-order valence-corrected chi connectivity index (χ3v) is 10.1. The molecule has 1 aliphatic carbocycles. The maximum absolute atomic E-state index is 14.2. The number of amides is 4. The summed E-state index contributed by atoms with van der Waals surface area (Å²) in [5.74, 6) is -1.80. The minimum absolute atomic E-state index is 0.0147. The van der Waals surface area contributed by atoms with Gasteiger partial charge < -0.3 is 34.5 Å². The van der Waals surface area contributed by atoms with Crippen molar-refractivity contribution in [3.63, 3.8) is 0 Å². The molecule has 3 fully saturated rings. The molecule has 14 heteroatoms. The van der Waals surface area contributed by atoms with E-state index in [-0.39, 0.29) is 32.0 Å². The molecule has 4 heterocycles. The third kappa shape index (κ3) is 7.41. The highest BCUT2D eigenvalue weighted by molar-refractivity contribution is 6.31. The van der Waals surface area contributed by atoms with Crippen LogP contribution in [-0.2, 0) is 46.4 Å². The third-order valence-electron chi connectivity index (χ3n) is 9.78. The Morgan fingerprint density at radius 1 is 1.10 bits per heavy atom. The maximum Gasteiger partial charge on any atom is 0.410 e. The number of alkyl carbamates (subject to hydrolysis) is 1. The van der Waals surface area contributed by atoms with E-state index in [4.69, 9.17) is 30.5 Å². The number of hydrogen-bond donors (Lipinski definition) is 2. The molecule has 0 spiro atoms. The van der Waals surface area contributed by atoms with Crippen molar-refractivity contribution < 1.29 is 42.9 Å². The van der Waals surface area contributed by atoms with Gasteiger partial charge in [0.2, 0.25) is 11.8 Å². The fourth-order valence-corrected chi connectivity index (χ4v) is 7.31. The molecule has 13 nitrogen and oxygen atoms in total. The fraction of sp³-hybridized carbons (Fsp3) is 0.618. The Hall–Kier alpha value is -3.84. The molecular formula is C34H43ClN4O9. The number of rotatable bonds is 5. The number of allylic oxidation sites excluding steroid dienone is 1. The molecule has 260 valence electrons. The molecule has 48 heavy (non-hydrogen) atoms. The molecular weight excluding hydrogens is 644 g/mol. The maximum atomic E-state index is 14.2. The van der Waals surface area contributed by atoms with Crippen molar-refractivity contribution in [1.29, 1.82) is 0 Å². The first kappa shape index (κ1) is 34.0. The fourth-order valence-electron chi connectivity index (χ4n) is 7.05. The molecule has 1 aromatic carbocycles. The van der Waals surface area contributed by atoms with Crippen LogP contribution in [0.25, 0.3) is 0 Å². The van der Waals surface area contributed by atoms with Crippen molar-refractivity contribution in [1.82, 2.24) is 20.4 Å². The second-order valence-electron chi connectivity index (χ2n) is 13.1. The molecule has 4 aliphatic heterocycles. The van der Waals surface area contributed by atoms with Gasteiger partial charge in [0.15, 0.2) is 0 Å². The SMILES string of the molecule is CCOC(=O)[C@@]12C[C@@H]1/C=C\CCCCC[C@H](NC(=O)OC1CCOC1)C(=O)N1C[C@H](OC(=O)N3Cc4cccc(Cl)c4C3)C[C@H]1C(=O)N2. The molecule has 2 saturated heterocycles.